The molecule has 4 heteroatoms. The largest absolute Gasteiger partial charge is 0.341 e. The number of hydrogen-bond donors (Lipinski definition) is 1. The SMILES string of the molecule is CCN(CC(=O)N1CCC1)C1CCCC1CN. The van der Waals surface area contributed by atoms with E-state index in [1.807, 2.05) is 4.90 Å². The van der Waals surface area contributed by atoms with Gasteiger partial charge in [0.05, 0.1) is 6.54 Å². The Morgan fingerprint density at radius 2 is 2.12 bits per heavy atom. The number of likely N-dealkylation sites (N-methyl/N-ethyl adjacent to an activating group) is 1. The first-order valence-corrected chi connectivity index (χ1v) is 6.98. The monoisotopic (exact) mass is 239 g/mol. The summed E-state index contributed by atoms with van der Waals surface area (Å²) < 4.78 is 0. The van der Waals surface area contributed by atoms with E-state index >= 15 is 0 Å². The average molecular weight is 239 g/mol. The number of nitrogens with two attached hydrogens (primary N) is 1. The highest BCUT2D eigenvalue weighted by atomic mass is 16.2. The number of carbonyl (C=O) groups is 1. The highest BCUT2D eigenvalue weighted by molar-refractivity contribution is 5.79. The fourth-order valence-corrected chi connectivity index (χ4v) is 3.08. The van der Waals surface area contributed by atoms with Gasteiger partial charge < -0.3 is 10.6 Å². The highest BCUT2D eigenvalue weighted by Crippen LogP contribution is 2.29. The Kier molecular flexibility index (Phi) is 4.40. The van der Waals surface area contributed by atoms with Crippen molar-refractivity contribution in [3.63, 3.8) is 0 Å². The fourth-order valence-electron chi connectivity index (χ4n) is 3.08. The van der Waals surface area contributed by atoms with Crippen molar-refractivity contribution in [3.8, 4) is 0 Å². The van der Waals surface area contributed by atoms with Crippen LogP contribution in [0.2, 0.25) is 0 Å². The summed E-state index contributed by atoms with van der Waals surface area (Å²) in [6.07, 6.45) is 4.88. The number of likely N-dealkylation sites (tertiary alicyclic amines) is 1. The smallest absolute Gasteiger partial charge is 0.236 e. The van der Waals surface area contributed by atoms with Gasteiger partial charge in [-0.15, -0.1) is 0 Å². The zero-order chi connectivity index (χ0) is 12.3. The minimum absolute atomic E-state index is 0.306. The molecule has 1 saturated carbocycles. The van der Waals surface area contributed by atoms with E-state index in [4.69, 9.17) is 5.73 Å². The molecule has 2 unspecified atom stereocenters. The summed E-state index contributed by atoms with van der Waals surface area (Å²) in [4.78, 5) is 16.3. The van der Waals surface area contributed by atoms with E-state index < -0.39 is 0 Å². The molecule has 2 fully saturated rings. The van der Waals surface area contributed by atoms with Crippen molar-refractivity contribution in [1.29, 1.82) is 0 Å². The molecule has 0 aromatic rings. The molecule has 1 saturated heterocycles. The van der Waals surface area contributed by atoms with Crippen molar-refractivity contribution in [2.24, 2.45) is 11.7 Å². The summed E-state index contributed by atoms with van der Waals surface area (Å²) in [6.45, 7) is 6.38. The Bertz CT molecular complexity index is 265. The number of hydrogen-bond acceptors (Lipinski definition) is 3. The first-order chi connectivity index (χ1) is 8.26. The summed E-state index contributed by atoms with van der Waals surface area (Å²) in [7, 11) is 0. The number of amides is 1. The first kappa shape index (κ1) is 12.8. The van der Waals surface area contributed by atoms with Crippen LogP contribution in [-0.4, -0.2) is 54.5 Å². The third-order valence-electron chi connectivity index (χ3n) is 4.34. The van der Waals surface area contributed by atoms with Gasteiger partial charge in [0.25, 0.3) is 0 Å². The minimum Gasteiger partial charge on any atom is -0.341 e. The lowest BCUT2D eigenvalue weighted by Crippen LogP contribution is -2.50. The van der Waals surface area contributed by atoms with Crippen LogP contribution in [0.5, 0.6) is 0 Å². The molecule has 0 aromatic carbocycles. The zero-order valence-electron chi connectivity index (χ0n) is 10.9. The van der Waals surface area contributed by atoms with Crippen molar-refractivity contribution in [3.05, 3.63) is 0 Å². The summed E-state index contributed by atoms with van der Waals surface area (Å²) in [5.41, 5.74) is 5.82. The molecule has 98 valence electrons. The van der Waals surface area contributed by atoms with Crippen LogP contribution in [0, 0.1) is 5.92 Å². The molecule has 17 heavy (non-hydrogen) atoms. The van der Waals surface area contributed by atoms with Crippen LogP contribution in [0.15, 0.2) is 0 Å². The van der Waals surface area contributed by atoms with Crippen LogP contribution in [0.1, 0.15) is 32.6 Å². The van der Waals surface area contributed by atoms with Gasteiger partial charge in [0.1, 0.15) is 0 Å². The molecule has 2 rings (SSSR count). The summed E-state index contributed by atoms with van der Waals surface area (Å²) in [5.74, 6) is 0.903. The van der Waals surface area contributed by atoms with Crippen molar-refractivity contribution in [2.45, 2.75) is 38.6 Å². The number of nitrogens with zero attached hydrogens (tertiary/aromatic N) is 2. The van der Waals surface area contributed by atoms with Crippen molar-refractivity contribution < 1.29 is 4.79 Å². The standard InChI is InChI=1S/C13H25N3O/c1-2-15(10-13(17)16-7-4-8-16)12-6-3-5-11(12)9-14/h11-12H,2-10,14H2,1H3. The van der Waals surface area contributed by atoms with Crippen LogP contribution in [0.3, 0.4) is 0 Å². The predicted octanol–water partition coefficient (Wildman–Crippen LogP) is 0.668. The third-order valence-corrected chi connectivity index (χ3v) is 4.34. The molecule has 1 amide bonds. The molecule has 1 heterocycles. The molecule has 0 radical (unpaired) electrons. The Hall–Kier alpha value is -0.610. The molecule has 4 nitrogen and oxygen atoms in total. The zero-order valence-corrected chi connectivity index (χ0v) is 10.9. The maximum atomic E-state index is 12.0. The lowest BCUT2D eigenvalue weighted by atomic mass is 10.0. The Morgan fingerprint density at radius 1 is 1.35 bits per heavy atom. The molecule has 2 aliphatic rings. The van der Waals surface area contributed by atoms with Gasteiger partial charge in [-0.1, -0.05) is 13.3 Å². The lowest BCUT2D eigenvalue weighted by molar-refractivity contribution is -0.136. The molecule has 0 spiro atoms. The van der Waals surface area contributed by atoms with Gasteiger partial charge in [-0.05, 0) is 38.3 Å². The molecule has 1 aliphatic heterocycles. The maximum absolute atomic E-state index is 12.0. The van der Waals surface area contributed by atoms with E-state index in [-0.39, 0.29) is 0 Å². The van der Waals surface area contributed by atoms with Crippen molar-refractivity contribution >= 4 is 5.91 Å². The lowest BCUT2D eigenvalue weighted by Gasteiger charge is -2.36. The number of rotatable bonds is 5. The Labute approximate surface area is 104 Å². The average Bonchev–Trinajstić information content (AvgIpc) is 2.71. The highest BCUT2D eigenvalue weighted by Gasteiger charge is 2.32. The quantitative estimate of drug-likeness (QED) is 0.767. The second-order valence-corrected chi connectivity index (χ2v) is 5.29. The number of carbonyl (C=O) groups excluding carboxylic acids is 1. The van der Waals surface area contributed by atoms with E-state index in [1.54, 1.807) is 0 Å². The van der Waals surface area contributed by atoms with E-state index in [1.165, 1.54) is 25.7 Å². The molecular formula is C13H25N3O. The molecule has 2 atom stereocenters. The van der Waals surface area contributed by atoms with Gasteiger partial charge in [0.2, 0.25) is 5.91 Å². The fraction of sp³-hybridized carbons (Fsp3) is 0.923. The molecular weight excluding hydrogens is 214 g/mol. The normalized spacial score (nSPS) is 28.5. The van der Waals surface area contributed by atoms with Gasteiger partial charge >= 0.3 is 0 Å². The van der Waals surface area contributed by atoms with E-state index in [9.17, 15) is 4.79 Å². The van der Waals surface area contributed by atoms with Crippen molar-refractivity contribution in [2.75, 3.05) is 32.7 Å². The van der Waals surface area contributed by atoms with Gasteiger partial charge in [-0.3, -0.25) is 9.69 Å². The molecule has 2 N–H and O–H groups in total. The van der Waals surface area contributed by atoms with E-state index in [0.29, 0.717) is 24.4 Å². The van der Waals surface area contributed by atoms with Crippen LogP contribution in [0.25, 0.3) is 0 Å². The second kappa shape index (κ2) is 5.83. The van der Waals surface area contributed by atoms with E-state index in [2.05, 4.69) is 11.8 Å². The van der Waals surface area contributed by atoms with Crippen LogP contribution < -0.4 is 5.73 Å². The van der Waals surface area contributed by atoms with E-state index in [0.717, 1.165) is 26.2 Å². The van der Waals surface area contributed by atoms with Crippen LogP contribution >= 0.6 is 0 Å². The molecule has 0 aromatic heterocycles. The summed E-state index contributed by atoms with van der Waals surface area (Å²) >= 11 is 0. The van der Waals surface area contributed by atoms with Gasteiger partial charge in [0, 0.05) is 19.1 Å². The summed E-state index contributed by atoms with van der Waals surface area (Å²) in [6, 6.07) is 0.537. The summed E-state index contributed by atoms with van der Waals surface area (Å²) in [5, 5.41) is 0. The third kappa shape index (κ3) is 2.80. The van der Waals surface area contributed by atoms with Crippen LogP contribution in [-0.2, 0) is 4.79 Å². The minimum atomic E-state index is 0.306. The molecule has 0 bridgehead atoms. The Morgan fingerprint density at radius 3 is 2.65 bits per heavy atom. The van der Waals surface area contributed by atoms with Gasteiger partial charge in [0.15, 0.2) is 0 Å². The predicted molar refractivity (Wildman–Crippen MR) is 68.6 cm³/mol. The van der Waals surface area contributed by atoms with Crippen LogP contribution in [0.4, 0.5) is 0 Å². The Balaban J connectivity index is 1.88. The van der Waals surface area contributed by atoms with Crippen molar-refractivity contribution in [1.82, 2.24) is 9.80 Å². The topological polar surface area (TPSA) is 49.6 Å². The second-order valence-electron chi connectivity index (χ2n) is 5.29. The van der Waals surface area contributed by atoms with Gasteiger partial charge in [-0.25, -0.2) is 0 Å². The van der Waals surface area contributed by atoms with Gasteiger partial charge in [-0.2, -0.15) is 0 Å². The first-order valence-electron chi connectivity index (χ1n) is 6.98. The maximum Gasteiger partial charge on any atom is 0.236 e. The molecule has 1 aliphatic carbocycles.